The van der Waals surface area contributed by atoms with Gasteiger partial charge in [-0.15, -0.1) is 0 Å². The van der Waals surface area contributed by atoms with E-state index in [2.05, 4.69) is 25.3 Å². The molecule has 4 aromatic heterocycles. The number of hydrogen-bond acceptors (Lipinski definition) is 7. The first-order valence-electron chi connectivity index (χ1n) is 11.5. The van der Waals surface area contributed by atoms with E-state index in [1.54, 1.807) is 23.8 Å². The Morgan fingerprint density at radius 1 is 1.29 bits per heavy atom. The molecular formula is C24H24FN9. The lowest BCUT2D eigenvalue weighted by molar-refractivity contribution is 0.499. The maximum atomic E-state index is 14.5. The molecule has 2 fully saturated rings. The first-order valence-corrected chi connectivity index (χ1v) is 11.5. The minimum absolute atomic E-state index is 0.113. The van der Waals surface area contributed by atoms with Crippen LogP contribution in [-0.4, -0.2) is 55.7 Å². The number of halogens is 1. The van der Waals surface area contributed by atoms with Gasteiger partial charge < -0.3 is 20.9 Å². The molecule has 0 radical (unpaired) electrons. The van der Waals surface area contributed by atoms with E-state index in [9.17, 15) is 4.39 Å². The number of H-pyrrole nitrogens is 1. The van der Waals surface area contributed by atoms with E-state index in [4.69, 9.17) is 15.7 Å². The van der Waals surface area contributed by atoms with Crippen LogP contribution in [0.4, 0.5) is 15.9 Å². The van der Waals surface area contributed by atoms with E-state index in [-0.39, 0.29) is 17.3 Å². The van der Waals surface area contributed by atoms with Gasteiger partial charge in [-0.3, -0.25) is 0 Å². The van der Waals surface area contributed by atoms with Crippen molar-refractivity contribution in [3.63, 3.8) is 0 Å². The highest BCUT2D eigenvalue weighted by Gasteiger charge is 2.54. The van der Waals surface area contributed by atoms with E-state index in [1.165, 1.54) is 6.07 Å². The standard InChI is InChI=1S/C24H24FN9/c1-27-16-8-14(25)7-15-20-22(32-21(15)16)30-18(6-13-9-28-19-2-5-29-34(19)10-13)31-23(20)33-11-17(26)24(12-33)3-4-24/h2,5,7-10,17,27H,3-4,6,11-12,26H2,1H3,(H,30,31,32)/t17-/m0/s1. The second-order valence-corrected chi connectivity index (χ2v) is 9.56. The topological polar surface area (TPSA) is 113 Å². The molecule has 1 atom stereocenters. The van der Waals surface area contributed by atoms with E-state index < -0.39 is 0 Å². The number of nitrogens with zero attached hydrogens (tertiary/aromatic N) is 6. The fourth-order valence-corrected chi connectivity index (χ4v) is 5.36. The Morgan fingerprint density at radius 2 is 2.18 bits per heavy atom. The third-order valence-corrected chi connectivity index (χ3v) is 7.38. The highest BCUT2D eigenvalue weighted by molar-refractivity contribution is 6.14. The van der Waals surface area contributed by atoms with Gasteiger partial charge in [0.05, 0.1) is 22.8 Å². The molecule has 9 nitrogen and oxygen atoms in total. The zero-order valence-electron chi connectivity index (χ0n) is 18.7. The van der Waals surface area contributed by atoms with Gasteiger partial charge in [0.2, 0.25) is 0 Å². The van der Waals surface area contributed by atoms with E-state index >= 15 is 0 Å². The monoisotopic (exact) mass is 457 g/mol. The molecular weight excluding hydrogens is 433 g/mol. The van der Waals surface area contributed by atoms with Gasteiger partial charge in [0, 0.05) is 61.9 Å². The second kappa shape index (κ2) is 6.86. The smallest absolute Gasteiger partial charge is 0.154 e. The van der Waals surface area contributed by atoms with Gasteiger partial charge in [-0.25, -0.2) is 23.9 Å². The first-order chi connectivity index (χ1) is 16.5. The number of aromatic nitrogens is 6. The van der Waals surface area contributed by atoms with Crippen LogP contribution in [0.25, 0.3) is 27.6 Å². The molecule has 0 amide bonds. The Bertz CT molecular complexity index is 1580. The summed E-state index contributed by atoms with van der Waals surface area (Å²) in [5, 5.41) is 8.97. The van der Waals surface area contributed by atoms with E-state index in [0.29, 0.717) is 23.6 Å². The van der Waals surface area contributed by atoms with Crippen LogP contribution in [0.3, 0.4) is 0 Å². The molecule has 1 aromatic carbocycles. The summed E-state index contributed by atoms with van der Waals surface area (Å²) in [4.78, 5) is 20.0. The first kappa shape index (κ1) is 19.7. The van der Waals surface area contributed by atoms with Crippen molar-refractivity contribution in [3.8, 4) is 0 Å². The average molecular weight is 458 g/mol. The third kappa shape index (κ3) is 2.88. The van der Waals surface area contributed by atoms with Crippen LogP contribution >= 0.6 is 0 Å². The van der Waals surface area contributed by atoms with Gasteiger partial charge in [0.15, 0.2) is 5.65 Å². The lowest BCUT2D eigenvalue weighted by Gasteiger charge is -2.19. The fraction of sp³-hybridized carbons (Fsp3) is 0.333. The summed E-state index contributed by atoms with van der Waals surface area (Å²) in [5.74, 6) is 1.17. The van der Waals surface area contributed by atoms with Crippen LogP contribution in [0.15, 0.2) is 36.8 Å². The summed E-state index contributed by atoms with van der Waals surface area (Å²) in [7, 11) is 1.78. The molecule has 0 unspecified atom stereocenters. The van der Waals surface area contributed by atoms with Crippen LogP contribution in [0, 0.1) is 11.2 Å². The highest BCUT2D eigenvalue weighted by atomic mass is 19.1. The molecule has 4 N–H and O–H groups in total. The molecule has 2 aliphatic rings. The summed E-state index contributed by atoms with van der Waals surface area (Å²) < 4.78 is 16.3. The maximum Gasteiger partial charge on any atom is 0.154 e. The normalized spacial score (nSPS) is 19.1. The van der Waals surface area contributed by atoms with Gasteiger partial charge in [-0.2, -0.15) is 5.10 Å². The maximum absolute atomic E-state index is 14.5. The average Bonchev–Trinajstić information content (AvgIpc) is 3.14. The van der Waals surface area contributed by atoms with Crippen molar-refractivity contribution in [3.05, 3.63) is 54.0 Å². The predicted octanol–water partition coefficient (Wildman–Crippen LogP) is 2.85. The van der Waals surface area contributed by atoms with Crippen molar-refractivity contribution < 1.29 is 4.39 Å². The number of nitrogens with one attached hydrogen (secondary N) is 2. The van der Waals surface area contributed by atoms with E-state index in [0.717, 1.165) is 59.2 Å². The summed E-state index contributed by atoms with van der Waals surface area (Å²) >= 11 is 0. The number of nitrogens with two attached hydrogens (primary N) is 1. The summed E-state index contributed by atoms with van der Waals surface area (Å²) in [6, 6.07) is 5.02. The molecule has 1 spiro atoms. The number of fused-ring (bicyclic) bond motifs is 4. The Morgan fingerprint density at radius 3 is 2.97 bits per heavy atom. The summed E-state index contributed by atoms with van der Waals surface area (Å²) in [5.41, 5.74) is 10.6. The zero-order valence-corrected chi connectivity index (χ0v) is 18.7. The molecule has 5 aromatic rings. The summed E-state index contributed by atoms with van der Waals surface area (Å²) in [6.07, 6.45) is 8.29. The number of aromatic amines is 1. The third-order valence-electron chi connectivity index (χ3n) is 7.38. The second-order valence-electron chi connectivity index (χ2n) is 9.56. The molecule has 1 aliphatic heterocycles. The molecule has 7 rings (SSSR count). The molecule has 0 bridgehead atoms. The number of hydrogen-bond donors (Lipinski definition) is 3. The Balaban J connectivity index is 1.41. The van der Waals surface area contributed by atoms with Crippen LogP contribution < -0.4 is 16.0 Å². The predicted molar refractivity (Wildman–Crippen MR) is 129 cm³/mol. The fourth-order valence-electron chi connectivity index (χ4n) is 5.36. The zero-order chi connectivity index (χ0) is 23.0. The van der Waals surface area contributed by atoms with Gasteiger partial charge in [0.1, 0.15) is 23.1 Å². The van der Waals surface area contributed by atoms with Crippen molar-refractivity contribution in [1.82, 2.24) is 29.5 Å². The van der Waals surface area contributed by atoms with Crippen molar-refractivity contribution in [1.29, 1.82) is 0 Å². The quantitative estimate of drug-likeness (QED) is 0.380. The molecule has 172 valence electrons. The van der Waals surface area contributed by atoms with Crippen molar-refractivity contribution in [2.45, 2.75) is 25.3 Å². The lowest BCUT2D eigenvalue weighted by Crippen LogP contribution is -2.30. The van der Waals surface area contributed by atoms with Crippen molar-refractivity contribution in [2.24, 2.45) is 11.1 Å². The Labute approximate surface area is 194 Å². The molecule has 1 aliphatic carbocycles. The lowest BCUT2D eigenvalue weighted by atomic mass is 10.0. The number of benzene rings is 1. The Kier molecular flexibility index (Phi) is 3.97. The van der Waals surface area contributed by atoms with Crippen LogP contribution in [0.2, 0.25) is 0 Å². The van der Waals surface area contributed by atoms with Crippen molar-refractivity contribution in [2.75, 3.05) is 30.4 Å². The molecule has 1 saturated heterocycles. The van der Waals surface area contributed by atoms with Gasteiger partial charge in [-0.05, 0) is 30.5 Å². The van der Waals surface area contributed by atoms with Crippen LogP contribution in [0.5, 0.6) is 0 Å². The van der Waals surface area contributed by atoms with Crippen LogP contribution in [-0.2, 0) is 6.42 Å². The van der Waals surface area contributed by atoms with Crippen LogP contribution in [0.1, 0.15) is 24.2 Å². The molecule has 1 saturated carbocycles. The van der Waals surface area contributed by atoms with Crippen molar-refractivity contribution >= 4 is 39.1 Å². The minimum atomic E-state index is -0.303. The molecule has 34 heavy (non-hydrogen) atoms. The SMILES string of the molecule is CNc1cc(F)cc2c1[nH]c1nc(Cc3cnc4ccnn4c3)nc(N3C[C@H](N)C4(CC4)C3)c12. The van der Waals surface area contributed by atoms with Gasteiger partial charge in [0.25, 0.3) is 0 Å². The minimum Gasteiger partial charge on any atom is -0.386 e. The van der Waals surface area contributed by atoms with Gasteiger partial charge in [-0.1, -0.05) is 0 Å². The largest absolute Gasteiger partial charge is 0.386 e. The number of anilines is 2. The summed E-state index contributed by atoms with van der Waals surface area (Å²) in [6.45, 7) is 1.59. The molecule has 5 heterocycles. The van der Waals surface area contributed by atoms with Gasteiger partial charge >= 0.3 is 0 Å². The Hall–Kier alpha value is -3.79. The highest BCUT2D eigenvalue weighted by Crippen LogP contribution is 2.53. The number of rotatable bonds is 4. The molecule has 10 heteroatoms. The van der Waals surface area contributed by atoms with E-state index in [1.807, 2.05) is 18.5 Å².